The average Bonchev–Trinajstić information content (AvgIpc) is 3.10. The first kappa shape index (κ1) is 17.0. The van der Waals surface area contributed by atoms with Crippen LogP contribution in [0, 0.1) is 5.92 Å². The van der Waals surface area contributed by atoms with Gasteiger partial charge in [0, 0.05) is 43.9 Å². The van der Waals surface area contributed by atoms with E-state index in [4.69, 9.17) is 0 Å². The van der Waals surface area contributed by atoms with Gasteiger partial charge in [0.05, 0.1) is 6.04 Å². The molecule has 26 heavy (non-hydrogen) atoms. The van der Waals surface area contributed by atoms with Crippen LogP contribution in [0.4, 0.5) is 0 Å². The van der Waals surface area contributed by atoms with Crippen LogP contribution in [0.3, 0.4) is 0 Å². The smallest absolute Gasteiger partial charge is 0.111 e. The molecular formula is C23H27N3. The fourth-order valence-electron chi connectivity index (χ4n) is 4.07. The Morgan fingerprint density at radius 1 is 0.923 bits per heavy atom. The molecule has 0 atom stereocenters. The zero-order chi connectivity index (χ0) is 17.9. The third kappa shape index (κ3) is 3.45. The van der Waals surface area contributed by atoms with Gasteiger partial charge in [-0.2, -0.15) is 0 Å². The largest absolute Gasteiger partial charge is 0.334 e. The Morgan fingerprint density at radius 2 is 1.50 bits per heavy atom. The van der Waals surface area contributed by atoms with Gasteiger partial charge < -0.3 is 4.57 Å². The Kier molecular flexibility index (Phi) is 4.89. The monoisotopic (exact) mass is 345 g/mol. The topological polar surface area (TPSA) is 21.1 Å². The fraction of sp³-hybridized carbons (Fsp3) is 0.348. The van der Waals surface area contributed by atoms with Crippen molar-refractivity contribution in [3.63, 3.8) is 0 Å². The molecule has 1 fully saturated rings. The molecule has 0 radical (unpaired) electrons. The highest BCUT2D eigenvalue weighted by atomic mass is 15.2. The molecule has 1 aromatic heterocycles. The van der Waals surface area contributed by atoms with Gasteiger partial charge in [0.1, 0.15) is 5.82 Å². The van der Waals surface area contributed by atoms with Crippen molar-refractivity contribution in [3.8, 4) is 0 Å². The number of rotatable bonds is 6. The molecule has 0 saturated carbocycles. The third-order valence-electron chi connectivity index (χ3n) is 5.30. The maximum absolute atomic E-state index is 4.53. The van der Waals surface area contributed by atoms with E-state index in [0.29, 0.717) is 17.9 Å². The van der Waals surface area contributed by atoms with Gasteiger partial charge in [-0.25, -0.2) is 4.98 Å². The van der Waals surface area contributed by atoms with Crippen LogP contribution in [-0.2, 0) is 6.54 Å². The van der Waals surface area contributed by atoms with Gasteiger partial charge in [-0.3, -0.25) is 4.90 Å². The molecule has 0 spiro atoms. The summed E-state index contributed by atoms with van der Waals surface area (Å²) in [5.41, 5.74) is 2.75. The summed E-state index contributed by atoms with van der Waals surface area (Å²) in [4.78, 5) is 7.12. The Hall–Kier alpha value is -2.39. The van der Waals surface area contributed by atoms with Crippen molar-refractivity contribution in [2.24, 2.45) is 5.92 Å². The van der Waals surface area contributed by atoms with E-state index >= 15 is 0 Å². The minimum Gasteiger partial charge on any atom is -0.334 e. The lowest BCUT2D eigenvalue weighted by Crippen LogP contribution is -2.50. The molecule has 1 aliphatic heterocycles. The Labute approximate surface area is 156 Å². The maximum atomic E-state index is 4.53. The number of benzene rings is 2. The molecule has 0 bridgehead atoms. The zero-order valence-electron chi connectivity index (χ0n) is 15.6. The molecule has 0 unspecified atom stereocenters. The maximum Gasteiger partial charge on any atom is 0.111 e. The van der Waals surface area contributed by atoms with E-state index in [9.17, 15) is 0 Å². The van der Waals surface area contributed by atoms with Crippen LogP contribution in [0.2, 0.25) is 0 Å². The molecule has 1 aliphatic rings. The molecule has 4 rings (SSSR count). The van der Waals surface area contributed by atoms with E-state index in [-0.39, 0.29) is 0 Å². The average molecular weight is 345 g/mol. The lowest BCUT2D eigenvalue weighted by molar-refractivity contribution is 0.0575. The van der Waals surface area contributed by atoms with Crippen molar-refractivity contribution in [2.75, 3.05) is 13.1 Å². The first-order valence-corrected chi connectivity index (χ1v) is 9.57. The van der Waals surface area contributed by atoms with Gasteiger partial charge in [-0.15, -0.1) is 0 Å². The van der Waals surface area contributed by atoms with E-state index in [1.807, 2.05) is 6.20 Å². The van der Waals surface area contributed by atoms with Gasteiger partial charge >= 0.3 is 0 Å². The first-order valence-electron chi connectivity index (χ1n) is 9.57. The van der Waals surface area contributed by atoms with Crippen molar-refractivity contribution in [2.45, 2.75) is 32.4 Å². The van der Waals surface area contributed by atoms with E-state index in [0.717, 1.165) is 19.6 Å². The van der Waals surface area contributed by atoms with E-state index in [2.05, 4.69) is 95.2 Å². The number of likely N-dealkylation sites (tertiary alicyclic amines) is 1. The van der Waals surface area contributed by atoms with Gasteiger partial charge in [0.15, 0.2) is 0 Å². The van der Waals surface area contributed by atoms with Gasteiger partial charge in [-0.1, -0.05) is 74.5 Å². The summed E-state index contributed by atoms with van der Waals surface area (Å²) in [6, 6.07) is 22.1. The fourth-order valence-corrected chi connectivity index (χ4v) is 4.07. The second kappa shape index (κ2) is 7.46. The molecular weight excluding hydrogens is 318 g/mol. The highest BCUT2D eigenvalue weighted by Gasteiger charge is 2.34. The summed E-state index contributed by atoms with van der Waals surface area (Å²) in [5.74, 6) is 2.37. The lowest BCUT2D eigenvalue weighted by atomic mass is 9.90. The summed E-state index contributed by atoms with van der Waals surface area (Å²) >= 11 is 0. The van der Waals surface area contributed by atoms with Gasteiger partial charge in [0.25, 0.3) is 0 Å². The molecule has 0 aliphatic carbocycles. The summed E-state index contributed by atoms with van der Waals surface area (Å²) in [5, 5.41) is 0. The SMILES string of the molecule is CC(C)c1nccn1CC1CN(C(c2ccccc2)c2ccccc2)C1. The number of hydrogen-bond acceptors (Lipinski definition) is 2. The predicted molar refractivity (Wildman–Crippen MR) is 106 cm³/mol. The second-order valence-corrected chi connectivity index (χ2v) is 7.64. The Balaban J connectivity index is 1.49. The van der Waals surface area contributed by atoms with Crippen LogP contribution in [0.5, 0.6) is 0 Å². The minimum atomic E-state index is 0.348. The Bertz CT molecular complexity index is 777. The van der Waals surface area contributed by atoms with E-state index in [1.54, 1.807) is 0 Å². The van der Waals surface area contributed by atoms with Crippen LogP contribution in [0.15, 0.2) is 73.1 Å². The van der Waals surface area contributed by atoms with Crippen molar-refractivity contribution >= 4 is 0 Å². The number of hydrogen-bond donors (Lipinski definition) is 0. The molecule has 3 nitrogen and oxygen atoms in total. The Morgan fingerprint density at radius 3 is 2.04 bits per heavy atom. The van der Waals surface area contributed by atoms with Gasteiger partial charge in [-0.05, 0) is 11.1 Å². The van der Waals surface area contributed by atoms with E-state index in [1.165, 1.54) is 17.0 Å². The molecule has 2 heterocycles. The third-order valence-corrected chi connectivity index (χ3v) is 5.30. The summed E-state index contributed by atoms with van der Waals surface area (Å²) in [6.45, 7) is 7.76. The summed E-state index contributed by atoms with van der Waals surface area (Å²) in [6.07, 6.45) is 4.06. The van der Waals surface area contributed by atoms with Crippen molar-refractivity contribution < 1.29 is 0 Å². The molecule has 1 saturated heterocycles. The highest BCUT2D eigenvalue weighted by Crippen LogP contribution is 2.34. The molecule has 0 amide bonds. The summed E-state index contributed by atoms with van der Waals surface area (Å²) < 4.78 is 2.34. The van der Waals surface area contributed by atoms with Gasteiger partial charge in [0.2, 0.25) is 0 Å². The zero-order valence-corrected chi connectivity index (χ0v) is 15.6. The predicted octanol–water partition coefficient (Wildman–Crippen LogP) is 4.73. The molecule has 0 N–H and O–H groups in total. The minimum absolute atomic E-state index is 0.348. The van der Waals surface area contributed by atoms with Crippen LogP contribution in [-0.4, -0.2) is 27.5 Å². The lowest BCUT2D eigenvalue weighted by Gasteiger charge is -2.45. The molecule has 134 valence electrons. The molecule has 2 aromatic carbocycles. The van der Waals surface area contributed by atoms with E-state index < -0.39 is 0 Å². The number of nitrogens with zero attached hydrogens (tertiary/aromatic N) is 3. The number of aromatic nitrogens is 2. The second-order valence-electron chi connectivity index (χ2n) is 7.64. The van der Waals surface area contributed by atoms with Crippen molar-refractivity contribution in [1.82, 2.24) is 14.5 Å². The normalized spacial score (nSPS) is 15.5. The number of imidazole rings is 1. The van der Waals surface area contributed by atoms with Crippen molar-refractivity contribution in [3.05, 3.63) is 90.0 Å². The summed E-state index contributed by atoms with van der Waals surface area (Å²) in [7, 11) is 0. The van der Waals surface area contributed by atoms with Crippen LogP contribution in [0.1, 0.15) is 42.8 Å². The van der Waals surface area contributed by atoms with Crippen LogP contribution >= 0.6 is 0 Å². The van der Waals surface area contributed by atoms with Crippen LogP contribution in [0.25, 0.3) is 0 Å². The molecule has 3 heteroatoms. The molecule has 3 aromatic rings. The van der Waals surface area contributed by atoms with Crippen molar-refractivity contribution in [1.29, 1.82) is 0 Å². The standard InChI is InChI=1S/C23H27N3/c1-18(2)23-24-13-14-25(23)15-19-16-26(17-19)22(20-9-5-3-6-10-20)21-11-7-4-8-12-21/h3-14,18-19,22H,15-17H2,1-2H3. The highest BCUT2D eigenvalue weighted by molar-refractivity contribution is 5.32. The quantitative estimate of drug-likeness (QED) is 0.644. The first-order chi connectivity index (χ1) is 12.7. The van der Waals surface area contributed by atoms with Crippen LogP contribution < -0.4 is 0 Å².